The van der Waals surface area contributed by atoms with Crippen LogP contribution in [-0.2, 0) is 17.5 Å². The van der Waals surface area contributed by atoms with Gasteiger partial charge >= 0.3 is 6.18 Å². The maximum atomic E-state index is 12.9. The largest absolute Gasteiger partial charge is 0.435 e. The van der Waals surface area contributed by atoms with Crippen molar-refractivity contribution in [2.75, 3.05) is 6.54 Å². The molecular formula is C16H19BrF3N5O. The van der Waals surface area contributed by atoms with Crippen LogP contribution in [0, 0.1) is 0 Å². The molecule has 6 nitrogen and oxygen atoms in total. The number of carbonyl (C=O) groups excluding carboxylic acids is 1. The van der Waals surface area contributed by atoms with E-state index in [4.69, 9.17) is 0 Å². The zero-order valence-electron chi connectivity index (χ0n) is 14.1. The van der Waals surface area contributed by atoms with Gasteiger partial charge in [-0.3, -0.25) is 14.2 Å². The van der Waals surface area contributed by atoms with Gasteiger partial charge in [-0.2, -0.15) is 23.4 Å². The Hall–Kier alpha value is -1.84. The predicted molar refractivity (Wildman–Crippen MR) is 91.5 cm³/mol. The third-order valence-electron chi connectivity index (χ3n) is 4.29. The summed E-state index contributed by atoms with van der Waals surface area (Å²) in [7, 11) is 0. The number of aryl methyl sites for hydroxylation is 1. The molecule has 142 valence electrons. The molecule has 2 aromatic rings. The van der Waals surface area contributed by atoms with E-state index in [1.807, 2.05) is 0 Å². The van der Waals surface area contributed by atoms with E-state index in [1.165, 1.54) is 9.36 Å². The van der Waals surface area contributed by atoms with Crippen LogP contribution in [-0.4, -0.2) is 32.0 Å². The van der Waals surface area contributed by atoms with Crippen LogP contribution in [0.25, 0.3) is 0 Å². The molecular weight excluding hydrogens is 415 g/mol. The van der Waals surface area contributed by atoms with Gasteiger partial charge in [-0.1, -0.05) is 0 Å². The van der Waals surface area contributed by atoms with Gasteiger partial charge in [0.2, 0.25) is 5.91 Å². The molecule has 26 heavy (non-hydrogen) atoms. The summed E-state index contributed by atoms with van der Waals surface area (Å²) in [6.45, 7) is 2.42. The summed E-state index contributed by atoms with van der Waals surface area (Å²) in [5.41, 5.74) is -0.209. The molecule has 1 aliphatic carbocycles. The zero-order valence-corrected chi connectivity index (χ0v) is 15.7. The van der Waals surface area contributed by atoms with Gasteiger partial charge in [-0.25, -0.2) is 0 Å². The molecule has 1 saturated carbocycles. The van der Waals surface area contributed by atoms with Crippen LogP contribution in [0.1, 0.15) is 49.5 Å². The van der Waals surface area contributed by atoms with Gasteiger partial charge in [-0.05, 0) is 48.2 Å². The highest BCUT2D eigenvalue weighted by Crippen LogP contribution is 2.42. The highest BCUT2D eigenvalue weighted by Gasteiger charge is 2.37. The summed E-state index contributed by atoms with van der Waals surface area (Å²) in [4.78, 5) is 12.1. The minimum Gasteiger partial charge on any atom is -0.354 e. The van der Waals surface area contributed by atoms with E-state index in [9.17, 15) is 18.0 Å². The van der Waals surface area contributed by atoms with Crippen LogP contribution in [0.3, 0.4) is 0 Å². The second kappa shape index (κ2) is 7.42. The molecule has 2 heterocycles. The normalized spacial score (nSPS) is 15.9. The molecule has 0 aromatic carbocycles. The van der Waals surface area contributed by atoms with Crippen molar-refractivity contribution in [2.45, 2.75) is 50.9 Å². The van der Waals surface area contributed by atoms with E-state index in [-0.39, 0.29) is 11.8 Å². The molecule has 0 spiro atoms. The Morgan fingerprint density at radius 1 is 1.46 bits per heavy atom. The SMILES string of the molecule is CC(C(=O)NCCCn1nc(C(F)(F)F)cc1C1CC1)n1cc(Br)cn1. The Morgan fingerprint density at radius 2 is 2.19 bits per heavy atom. The number of alkyl halides is 3. The lowest BCUT2D eigenvalue weighted by atomic mass is 10.2. The van der Waals surface area contributed by atoms with Gasteiger partial charge < -0.3 is 5.32 Å². The number of amides is 1. The molecule has 10 heteroatoms. The monoisotopic (exact) mass is 433 g/mol. The van der Waals surface area contributed by atoms with Gasteiger partial charge in [0.25, 0.3) is 0 Å². The number of nitrogens with one attached hydrogen (secondary N) is 1. The first-order chi connectivity index (χ1) is 12.3. The number of nitrogens with zero attached hydrogens (tertiary/aromatic N) is 4. The fourth-order valence-electron chi connectivity index (χ4n) is 2.69. The number of rotatable bonds is 7. The second-order valence-corrected chi connectivity index (χ2v) is 7.32. The third-order valence-corrected chi connectivity index (χ3v) is 4.70. The molecule has 0 saturated heterocycles. The average molecular weight is 434 g/mol. The quantitative estimate of drug-likeness (QED) is 0.679. The Kier molecular flexibility index (Phi) is 5.40. The lowest BCUT2D eigenvalue weighted by Gasteiger charge is -2.13. The van der Waals surface area contributed by atoms with Crippen molar-refractivity contribution in [1.29, 1.82) is 0 Å². The molecule has 1 aliphatic rings. The van der Waals surface area contributed by atoms with Gasteiger partial charge in [0.15, 0.2) is 5.69 Å². The van der Waals surface area contributed by atoms with Crippen molar-refractivity contribution in [3.63, 3.8) is 0 Å². The van der Waals surface area contributed by atoms with Gasteiger partial charge in [0.1, 0.15) is 6.04 Å². The third kappa shape index (κ3) is 4.46. The molecule has 1 unspecified atom stereocenters. The summed E-state index contributed by atoms with van der Waals surface area (Å²) in [5.74, 6) is -0.0223. The van der Waals surface area contributed by atoms with Gasteiger partial charge in [0, 0.05) is 30.9 Å². The van der Waals surface area contributed by atoms with Crippen LogP contribution >= 0.6 is 15.9 Å². The minimum atomic E-state index is -4.43. The molecule has 1 atom stereocenters. The molecule has 0 radical (unpaired) electrons. The van der Waals surface area contributed by atoms with Crippen molar-refractivity contribution in [3.8, 4) is 0 Å². The highest BCUT2D eigenvalue weighted by atomic mass is 79.9. The van der Waals surface area contributed by atoms with Crippen molar-refractivity contribution in [2.24, 2.45) is 0 Å². The Labute approximate surface area is 156 Å². The Balaban J connectivity index is 1.52. The fourth-order valence-corrected chi connectivity index (χ4v) is 2.99. The summed E-state index contributed by atoms with van der Waals surface area (Å²) >= 11 is 3.27. The minimum absolute atomic E-state index is 0.173. The summed E-state index contributed by atoms with van der Waals surface area (Å²) in [6, 6.07) is 0.679. The van der Waals surface area contributed by atoms with E-state index in [1.54, 1.807) is 19.3 Å². The maximum absolute atomic E-state index is 12.9. The summed E-state index contributed by atoms with van der Waals surface area (Å²) in [6.07, 6.45) is 1.16. The van der Waals surface area contributed by atoms with E-state index in [0.29, 0.717) is 25.2 Å². The molecule has 2 aromatic heterocycles. The average Bonchev–Trinajstić information content (AvgIpc) is 3.17. The molecule has 0 bridgehead atoms. The Bertz CT molecular complexity index is 781. The highest BCUT2D eigenvalue weighted by molar-refractivity contribution is 9.10. The van der Waals surface area contributed by atoms with Crippen LogP contribution in [0.2, 0.25) is 0 Å². The maximum Gasteiger partial charge on any atom is 0.435 e. The number of hydrogen-bond acceptors (Lipinski definition) is 3. The van der Waals surface area contributed by atoms with Crippen LogP contribution in [0.15, 0.2) is 22.9 Å². The standard InChI is InChI=1S/C16H19BrF3N5O/c1-10(25-9-12(17)8-22-25)15(26)21-5-2-6-24-13(11-3-4-11)7-14(23-24)16(18,19)20/h7-11H,2-6H2,1H3,(H,21,26). The summed E-state index contributed by atoms with van der Waals surface area (Å²) < 4.78 is 42.3. The summed E-state index contributed by atoms with van der Waals surface area (Å²) in [5, 5.41) is 10.6. The molecule has 3 rings (SSSR count). The van der Waals surface area contributed by atoms with E-state index >= 15 is 0 Å². The number of carbonyl (C=O) groups is 1. The molecule has 0 aliphatic heterocycles. The zero-order chi connectivity index (χ0) is 18.9. The van der Waals surface area contributed by atoms with E-state index < -0.39 is 17.9 Å². The predicted octanol–water partition coefficient (Wildman–Crippen LogP) is 3.51. The number of hydrogen-bond donors (Lipinski definition) is 1. The first kappa shape index (κ1) is 18.9. The molecule has 1 fully saturated rings. The fraction of sp³-hybridized carbons (Fsp3) is 0.562. The van der Waals surface area contributed by atoms with Crippen molar-refractivity contribution < 1.29 is 18.0 Å². The van der Waals surface area contributed by atoms with E-state index in [2.05, 4.69) is 31.4 Å². The van der Waals surface area contributed by atoms with Crippen LogP contribution < -0.4 is 5.32 Å². The lowest BCUT2D eigenvalue weighted by Crippen LogP contribution is -2.32. The van der Waals surface area contributed by atoms with Crippen molar-refractivity contribution in [1.82, 2.24) is 24.9 Å². The lowest BCUT2D eigenvalue weighted by molar-refractivity contribution is -0.141. The smallest absolute Gasteiger partial charge is 0.354 e. The van der Waals surface area contributed by atoms with Crippen molar-refractivity contribution >= 4 is 21.8 Å². The topological polar surface area (TPSA) is 64.7 Å². The molecule has 1 amide bonds. The second-order valence-electron chi connectivity index (χ2n) is 6.41. The van der Waals surface area contributed by atoms with Crippen LogP contribution in [0.4, 0.5) is 13.2 Å². The Morgan fingerprint density at radius 3 is 2.77 bits per heavy atom. The van der Waals surface area contributed by atoms with Gasteiger partial charge in [-0.15, -0.1) is 0 Å². The first-order valence-electron chi connectivity index (χ1n) is 8.38. The number of halogens is 4. The van der Waals surface area contributed by atoms with Crippen molar-refractivity contribution in [3.05, 3.63) is 34.3 Å². The first-order valence-corrected chi connectivity index (χ1v) is 9.17. The molecule has 1 N–H and O–H groups in total. The number of aromatic nitrogens is 4. The van der Waals surface area contributed by atoms with Crippen LogP contribution in [0.5, 0.6) is 0 Å². The van der Waals surface area contributed by atoms with Gasteiger partial charge in [0.05, 0.1) is 10.7 Å². The van der Waals surface area contributed by atoms with E-state index in [0.717, 1.165) is 23.4 Å².